The van der Waals surface area contributed by atoms with Gasteiger partial charge in [-0.2, -0.15) is 0 Å². The molecular weight excluding hydrogens is 336 g/mol. The number of carbonyl (C=O) groups is 1. The second kappa shape index (κ2) is 6.86. The summed E-state index contributed by atoms with van der Waals surface area (Å²) in [5, 5.41) is 0.616. The van der Waals surface area contributed by atoms with E-state index in [0.29, 0.717) is 28.1 Å². The molecule has 3 heterocycles. The lowest BCUT2D eigenvalue weighted by atomic mass is 10.3. The highest BCUT2D eigenvalue weighted by molar-refractivity contribution is 8.18. The zero-order chi connectivity index (χ0) is 17.1. The Morgan fingerprint density at radius 3 is 2.52 bits per heavy atom. The third-order valence-electron chi connectivity index (χ3n) is 3.58. The molecule has 0 saturated carbocycles. The second-order valence-corrected chi connectivity index (χ2v) is 6.34. The summed E-state index contributed by atoms with van der Waals surface area (Å²) in [5.74, 6) is 1.22. The van der Waals surface area contributed by atoms with Gasteiger partial charge in [-0.3, -0.25) is 9.69 Å². The van der Waals surface area contributed by atoms with E-state index in [2.05, 4.69) is 4.99 Å². The minimum Gasteiger partial charge on any atom is -0.467 e. The van der Waals surface area contributed by atoms with E-state index in [-0.39, 0.29) is 5.91 Å². The number of rotatable bonds is 4. The van der Waals surface area contributed by atoms with Crippen LogP contribution in [0.2, 0.25) is 0 Å². The van der Waals surface area contributed by atoms with Crippen molar-refractivity contribution in [2.45, 2.75) is 6.54 Å². The number of hydrogen-bond donors (Lipinski definition) is 0. The van der Waals surface area contributed by atoms with E-state index in [1.54, 1.807) is 35.6 Å². The molecule has 1 amide bonds. The van der Waals surface area contributed by atoms with Crippen molar-refractivity contribution >= 4 is 34.6 Å². The monoisotopic (exact) mass is 350 g/mol. The largest absolute Gasteiger partial charge is 0.467 e. The van der Waals surface area contributed by atoms with Crippen molar-refractivity contribution in [3.05, 3.63) is 83.5 Å². The standard InChI is InChI=1S/C19H14N2O3S/c22-18-17(12-15-8-4-10-23-15)25-19(20-14-6-2-1-3-7-14)21(18)13-16-9-5-11-24-16/h1-12H,13H2. The molecule has 0 unspecified atom stereocenters. The zero-order valence-electron chi connectivity index (χ0n) is 13.2. The maximum Gasteiger partial charge on any atom is 0.267 e. The molecule has 0 bridgehead atoms. The van der Waals surface area contributed by atoms with Crippen molar-refractivity contribution in [1.82, 2.24) is 4.90 Å². The van der Waals surface area contributed by atoms with Crippen LogP contribution < -0.4 is 0 Å². The Morgan fingerprint density at radius 2 is 1.80 bits per heavy atom. The van der Waals surface area contributed by atoms with Crippen LogP contribution in [0, 0.1) is 0 Å². The molecule has 5 nitrogen and oxygen atoms in total. The molecule has 124 valence electrons. The van der Waals surface area contributed by atoms with E-state index in [1.165, 1.54) is 11.8 Å². The molecule has 3 aromatic rings. The van der Waals surface area contributed by atoms with Gasteiger partial charge in [0.1, 0.15) is 11.5 Å². The van der Waals surface area contributed by atoms with Gasteiger partial charge in [0.2, 0.25) is 0 Å². The van der Waals surface area contributed by atoms with Gasteiger partial charge in [-0.1, -0.05) is 18.2 Å². The molecule has 1 fully saturated rings. The number of amides is 1. The molecule has 1 aliphatic rings. The summed E-state index contributed by atoms with van der Waals surface area (Å²) in [6.45, 7) is 0.333. The van der Waals surface area contributed by atoms with E-state index in [9.17, 15) is 4.79 Å². The fraction of sp³-hybridized carbons (Fsp3) is 0.0526. The van der Waals surface area contributed by atoms with Crippen LogP contribution in [0.5, 0.6) is 0 Å². The molecular formula is C19H14N2O3S. The summed E-state index contributed by atoms with van der Waals surface area (Å²) in [7, 11) is 0. The number of hydrogen-bond acceptors (Lipinski definition) is 5. The highest BCUT2D eigenvalue weighted by Gasteiger charge is 2.34. The fourth-order valence-electron chi connectivity index (χ4n) is 2.40. The number of carbonyl (C=O) groups excluding carboxylic acids is 1. The molecule has 0 atom stereocenters. The van der Waals surface area contributed by atoms with Gasteiger partial charge in [0, 0.05) is 6.08 Å². The minimum absolute atomic E-state index is 0.118. The lowest BCUT2D eigenvalue weighted by molar-refractivity contribution is -0.122. The fourth-order valence-corrected chi connectivity index (χ4v) is 3.38. The van der Waals surface area contributed by atoms with E-state index in [0.717, 1.165) is 5.69 Å². The number of furan rings is 2. The van der Waals surface area contributed by atoms with Crippen molar-refractivity contribution < 1.29 is 13.6 Å². The Balaban J connectivity index is 1.69. The van der Waals surface area contributed by atoms with Gasteiger partial charge in [0.25, 0.3) is 5.91 Å². The number of benzene rings is 1. The predicted molar refractivity (Wildman–Crippen MR) is 97.1 cm³/mol. The number of nitrogens with zero attached hydrogens (tertiary/aromatic N) is 2. The van der Waals surface area contributed by atoms with Crippen LogP contribution in [0.4, 0.5) is 5.69 Å². The third kappa shape index (κ3) is 3.44. The molecule has 1 aromatic carbocycles. The maximum atomic E-state index is 12.8. The molecule has 25 heavy (non-hydrogen) atoms. The van der Waals surface area contributed by atoms with Crippen molar-refractivity contribution in [2.24, 2.45) is 4.99 Å². The van der Waals surface area contributed by atoms with Crippen molar-refractivity contribution in [3.63, 3.8) is 0 Å². The van der Waals surface area contributed by atoms with Gasteiger partial charge in [-0.15, -0.1) is 0 Å². The molecule has 1 aliphatic heterocycles. The smallest absolute Gasteiger partial charge is 0.267 e. The first kappa shape index (κ1) is 15.5. The Hall–Kier alpha value is -2.99. The molecule has 2 aromatic heterocycles. The molecule has 0 aliphatic carbocycles. The zero-order valence-corrected chi connectivity index (χ0v) is 14.0. The lowest BCUT2D eigenvalue weighted by Crippen LogP contribution is -2.28. The topological polar surface area (TPSA) is 59.0 Å². The summed E-state index contributed by atoms with van der Waals surface area (Å²) >= 11 is 1.33. The molecule has 0 spiro atoms. The van der Waals surface area contributed by atoms with Crippen LogP contribution in [-0.2, 0) is 11.3 Å². The van der Waals surface area contributed by atoms with Gasteiger partial charge in [0.05, 0.1) is 29.7 Å². The normalized spacial score (nSPS) is 17.8. The summed E-state index contributed by atoms with van der Waals surface area (Å²) < 4.78 is 10.7. The minimum atomic E-state index is -0.118. The first-order valence-electron chi connectivity index (χ1n) is 7.70. The first-order valence-corrected chi connectivity index (χ1v) is 8.52. The first-order chi connectivity index (χ1) is 12.3. The van der Waals surface area contributed by atoms with Gasteiger partial charge >= 0.3 is 0 Å². The molecule has 0 radical (unpaired) electrons. The van der Waals surface area contributed by atoms with Gasteiger partial charge < -0.3 is 8.83 Å². The summed E-state index contributed by atoms with van der Waals surface area (Å²) in [6, 6.07) is 16.8. The Kier molecular flexibility index (Phi) is 4.26. The van der Waals surface area contributed by atoms with Gasteiger partial charge in [-0.25, -0.2) is 4.99 Å². The van der Waals surface area contributed by atoms with Crippen LogP contribution >= 0.6 is 11.8 Å². The van der Waals surface area contributed by atoms with Crippen molar-refractivity contribution in [2.75, 3.05) is 0 Å². The average molecular weight is 350 g/mol. The Labute approximate surface area is 148 Å². The summed E-state index contributed by atoms with van der Waals surface area (Å²) in [4.78, 5) is 19.6. The van der Waals surface area contributed by atoms with Crippen LogP contribution in [0.3, 0.4) is 0 Å². The van der Waals surface area contributed by atoms with Gasteiger partial charge in [0.15, 0.2) is 5.17 Å². The van der Waals surface area contributed by atoms with E-state index in [4.69, 9.17) is 8.83 Å². The number of aliphatic imine (C=N–C) groups is 1. The molecule has 0 N–H and O–H groups in total. The Bertz CT molecular complexity index is 913. The van der Waals surface area contributed by atoms with Crippen LogP contribution in [-0.4, -0.2) is 16.0 Å². The number of amidine groups is 1. The van der Waals surface area contributed by atoms with Crippen molar-refractivity contribution in [3.8, 4) is 0 Å². The Morgan fingerprint density at radius 1 is 1.00 bits per heavy atom. The van der Waals surface area contributed by atoms with E-state index < -0.39 is 0 Å². The highest BCUT2D eigenvalue weighted by atomic mass is 32.2. The maximum absolute atomic E-state index is 12.8. The number of thioether (sulfide) groups is 1. The molecule has 4 rings (SSSR count). The van der Waals surface area contributed by atoms with Gasteiger partial charge in [-0.05, 0) is 48.2 Å². The third-order valence-corrected chi connectivity index (χ3v) is 4.59. The van der Waals surface area contributed by atoms with E-state index in [1.807, 2.05) is 42.5 Å². The molecule has 1 saturated heterocycles. The van der Waals surface area contributed by atoms with E-state index >= 15 is 0 Å². The number of para-hydroxylation sites is 1. The van der Waals surface area contributed by atoms with Crippen LogP contribution in [0.1, 0.15) is 11.5 Å². The lowest BCUT2D eigenvalue weighted by Gasteiger charge is -2.13. The average Bonchev–Trinajstić information content (AvgIpc) is 3.37. The second-order valence-electron chi connectivity index (χ2n) is 5.33. The predicted octanol–water partition coefficient (Wildman–Crippen LogP) is 4.68. The van der Waals surface area contributed by atoms with Crippen LogP contribution in [0.25, 0.3) is 6.08 Å². The van der Waals surface area contributed by atoms with Crippen molar-refractivity contribution in [1.29, 1.82) is 0 Å². The van der Waals surface area contributed by atoms with Crippen LogP contribution in [0.15, 0.2) is 85.9 Å². The SMILES string of the molecule is O=C1C(=Cc2ccco2)SC(=Nc2ccccc2)N1Cc1ccco1. The molecule has 6 heteroatoms. The highest BCUT2D eigenvalue weighted by Crippen LogP contribution is 2.35. The quantitative estimate of drug-likeness (QED) is 0.641. The summed E-state index contributed by atoms with van der Waals surface area (Å²) in [6.07, 6.45) is 4.91. The summed E-state index contributed by atoms with van der Waals surface area (Å²) in [5.41, 5.74) is 0.793.